The Labute approximate surface area is 151 Å². The average Bonchev–Trinajstić information content (AvgIpc) is 2.36. The van der Waals surface area contributed by atoms with Gasteiger partial charge in [0.2, 0.25) is 0 Å². The first kappa shape index (κ1) is 26.3. The fourth-order valence-electron chi connectivity index (χ4n) is 1.58. The molecule has 7 heteroatoms. The van der Waals surface area contributed by atoms with E-state index in [1.165, 1.54) is 51.9 Å². The number of rotatable bonds is 11. The average molecular weight is 333 g/mol. The number of hydrogen-bond acceptors (Lipinski definition) is 3. The van der Waals surface area contributed by atoms with Crippen LogP contribution in [0.4, 0.5) is 0 Å². The van der Waals surface area contributed by atoms with Gasteiger partial charge in [-0.05, 0) is 13.3 Å². The second kappa shape index (κ2) is 18.4. The van der Waals surface area contributed by atoms with Gasteiger partial charge >= 0.3 is 35.5 Å². The van der Waals surface area contributed by atoms with Crippen molar-refractivity contribution in [3.05, 3.63) is 0 Å². The van der Waals surface area contributed by atoms with Crippen LogP contribution < -0.4 is 0 Å². The molecule has 0 saturated carbocycles. The maximum absolute atomic E-state index is 10.1. The van der Waals surface area contributed by atoms with Crippen molar-refractivity contribution < 1.29 is 22.9 Å². The van der Waals surface area contributed by atoms with Gasteiger partial charge in [-0.15, -0.1) is 0 Å². The Morgan fingerprint density at radius 3 is 1.48 bits per heavy atom. The monoisotopic (exact) mass is 333 g/mol. The van der Waals surface area contributed by atoms with Gasteiger partial charge in [0, 0.05) is 0 Å². The molecule has 1 N–H and O–H groups in total. The molecule has 123 valence electrons. The summed E-state index contributed by atoms with van der Waals surface area (Å²) in [6.45, 7) is 3.59. The van der Waals surface area contributed by atoms with E-state index in [1.54, 1.807) is 0 Å². The first-order valence-corrected chi connectivity index (χ1v) is 9.09. The molecule has 0 rings (SSSR count). The molecule has 0 heterocycles. The molecule has 0 aliphatic carbocycles. The summed E-state index contributed by atoms with van der Waals surface area (Å²) in [5, 5.41) is 10.1. The molecule has 0 unspecified atom stereocenters. The van der Waals surface area contributed by atoms with E-state index in [0.29, 0.717) is 0 Å². The van der Waals surface area contributed by atoms with E-state index in [4.69, 9.17) is 4.55 Å². The van der Waals surface area contributed by atoms with Crippen LogP contribution in [0.1, 0.15) is 78.1 Å². The molecule has 0 amide bonds. The molecule has 0 aliphatic rings. The molecular weight excluding hydrogens is 303 g/mol. The fraction of sp³-hybridized carbons (Fsp3) is 0.929. The van der Waals surface area contributed by atoms with Gasteiger partial charge in [0.25, 0.3) is 10.1 Å². The summed E-state index contributed by atoms with van der Waals surface area (Å²) in [6.07, 6.45) is 11.2. The van der Waals surface area contributed by atoms with Gasteiger partial charge in [-0.2, -0.15) is 8.42 Å². The summed E-state index contributed by atoms with van der Waals surface area (Å²) in [4.78, 5) is 10.1. The Morgan fingerprint density at radius 1 is 0.857 bits per heavy atom. The molecule has 21 heavy (non-hydrogen) atoms. The molecule has 5 nitrogen and oxygen atoms in total. The summed E-state index contributed by atoms with van der Waals surface area (Å²) in [5.74, 6) is -1.11. The summed E-state index contributed by atoms with van der Waals surface area (Å²) in [7, 11) is -3.66. The third-order valence-corrected chi connectivity index (χ3v) is 3.58. The minimum atomic E-state index is -3.66. The summed E-state index contributed by atoms with van der Waals surface area (Å²) in [5.41, 5.74) is 0. The van der Waals surface area contributed by atoms with Gasteiger partial charge in [-0.25, -0.2) is 9.90 Å². The Hall–Kier alpha value is 0.380. The van der Waals surface area contributed by atoms with Gasteiger partial charge in [0.05, 0.1) is 12.2 Å². The molecule has 0 aromatic heterocycles. The van der Waals surface area contributed by atoms with Crippen molar-refractivity contribution in [1.29, 1.82) is 0 Å². The van der Waals surface area contributed by atoms with E-state index in [9.17, 15) is 18.3 Å². The molecule has 0 atom stereocenters. The van der Waals surface area contributed by atoms with Crippen LogP contribution >= 0.6 is 0 Å². The Balaban J connectivity index is -0.000000394. The van der Waals surface area contributed by atoms with Gasteiger partial charge in [0.1, 0.15) is 0 Å². The van der Waals surface area contributed by atoms with Crippen molar-refractivity contribution in [2.45, 2.75) is 78.1 Å². The molecule has 0 fully saturated rings. The van der Waals surface area contributed by atoms with E-state index in [2.05, 4.69) is 6.92 Å². The number of unbranched alkanes of at least 4 members (excludes halogenated alkanes) is 8. The third-order valence-electron chi connectivity index (χ3n) is 2.85. The van der Waals surface area contributed by atoms with Crippen LogP contribution in [0.15, 0.2) is 0 Å². The van der Waals surface area contributed by atoms with E-state index < -0.39 is 16.1 Å². The number of hydrogen-bond donors (Lipinski definition) is 1. The Bertz CT molecular complexity index is 317. The molecule has 0 bridgehead atoms. The zero-order valence-corrected chi connectivity index (χ0v) is 13.6. The first-order chi connectivity index (χ1) is 9.33. The van der Waals surface area contributed by atoms with E-state index in [1.807, 2.05) is 0 Å². The second-order valence-corrected chi connectivity index (χ2v) is 6.56. The molecule has 0 aromatic rings. The van der Waals surface area contributed by atoms with Crippen molar-refractivity contribution in [3.63, 3.8) is 0 Å². The predicted molar refractivity (Wildman–Crippen MR) is 86.8 cm³/mol. The molecule has 0 saturated heterocycles. The quantitative estimate of drug-likeness (QED) is 0.357. The zero-order valence-electron chi connectivity index (χ0n) is 12.8. The van der Waals surface area contributed by atoms with Crippen LogP contribution in [0.25, 0.3) is 0 Å². The van der Waals surface area contributed by atoms with Crippen LogP contribution in [-0.2, 0) is 20.0 Å². The Kier molecular flexibility index (Phi) is 23.1. The van der Waals surface area contributed by atoms with Crippen molar-refractivity contribution in [3.8, 4) is 0 Å². The molecule has 0 aromatic carbocycles. The minimum absolute atomic E-state index is 0. The molecule has 1 radical (unpaired) electrons. The summed E-state index contributed by atoms with van der Waals surface area (Å²) in [6, 6.07) is 0. The maximum atomic E-state index is 10.1. The van der Waals surface area contributed by atoms with Crippen LogP contribution in [0, 0.1) is 0 Å². The van der Waals surface area contributed by atoms with E-state index in [-0.39, 0.29) is 41.7 Å². The number of carbonyl (C=O) groups is 1. The van der Waals surface area contributed by atoms with Gasteiger partial charge in [-0.3, -0.25) is 4.55 Å². The van der Waals surface area contributed by atoms with Gasteiger partial charge in [0.15, 0.2) is 0 Å². The Morgan fingerprint density at radius 2 is 1.19 bits per heavy atom. The van der Waals surface area contributed by atoms with Gasteiger partial charge in [-0.1, -0.05) is 58.3 Å². The van der Waals surface area contributed by atoms with Crippen molar-refractivity contribution in [2.75, 3.05) is 5.75 Å². The first-order valence-electron chi connectivity index (χ1n) is 7.48. The fourth-order valence-corrected chi connectivity index (χ4v) is 1.58. The van der Waals surface area contributed by atoms with Crippen LogP contribution in [-0.4, -0.2) is 54.2 Å². The van der Waals surface area contributed by atoms with Crippen molar-refractivity contribution in [2.24, 2.45) is 0 Å². The molecule has 0 aliphatic heterocycles. The van der Waals surface area contributed by atoms with Crippen LogP contribution in [0.2, 0.25) is 0 Å². The topological polar surface area (TPSA) is 91.3 Å². The van der Waals surface area contributed by atoms with Crippen molar-refractivity contribution >= 4 is 45.6 Å². The standard InChI is InChI=1S/C12H23O2.C2H6O3S.Na.H/c1-2-3-4-5-6-7-8-9-10-11-12(13)14;1-2-6(3,4)5;;/h2-11H2,1H3;2H2,1H3,(H,3,4,5);;. The van der Waals surface area contributed by atoms with E-state index in [0.717, 1.165) is 12.8 Å². The van der Waals surface area contributed by atoms with E-state index >= 15 is 0 Å². The SMILES string of the molecule is CCCCCCCCCCCC([O])=O.CCS(=O)(=O)O.[NaH]. The second-order valence-electron chi connectivity index (χ2n) is 4.82. The zero-order chi connectivity index (χ0) is 15.9. The third kappa shape index (κ3) is 33.3. The van der Waals surface area contributed by atoms with Crippen molar-refractivity contribution in [1.82, 2.24) is 0 Å². The number of carbonyl (C=O) groups excluding carboxylic acids is 1. The predicted octanol–water partition coefficient (Wildman–Crippen LogP) is 3.11. The van der Waals surface area contributed by atoms with Gasteiger partial charge < -0.3 is 0 Å². The molecule has 0 spiro atoms. The van der Waals surface area contributed by atoms with Crippen LogP contribution in [0.3, 0.4) is 0 Å². The normalized spacial score (nSPS) is 10.2. The summed E-state index contributed by atoms with van der Waals surface area (Å²) >= 11 is 0. The van der Waals surface area contributed by atoms with Crippen LogP contribution in [0.5, 0.6) is 0 Å². The summed E-state index contributed by atoms with van der Waals surface area (Å²) < 4.78 is 26.9. The molecular formula is C14H30NaO5S.